The molecule has 0 aliphatic carbocycles. The lowest BCUT2D eigenvalue weighted by Crippen LogP contribution is -2.57. The zero-order valence-electron chi connectivity index (χ0n) is 10.0. The monoisotopic (exact) mass is 266 g/mol. The minimum atomic E-state index is -1.26. The quantitative estimate of drug-likeness (QED) is 0.494. The molecule has 0 aromatic rings. The fourth-order valence-electron chi connectivity index (χ4n) is 1.76. The molecule has 5 unspecified atom stereocenters. The number of thioether (sulfide) groups is 1. The molecule has 0 aromatic heterocycles. The molecule has 17 heavy (non-hydrogen) atoms. The number of ether oxygens (including phenoxy) is 1. The van der Waals surface area contributed by atoms with Crippen LogP contribution >= 0.6 is 11.8 Å². The van der Waals surface area contributed by atoms with Gasteiger partial charge in [0.05, 0.1) is 6.61 Å². The van der Waals surface area contributed by atoms with Crippen LogP contribution in [0.2, 0.25) is 0 Å². The Morgan fingerprint density at radius 1 is 1.06 bits per heavy atom. The number of unbranched alkanes of at least 4 members (excludes halogenated alkanes) is 2. The van der Waals surface area contributed by atoms with Gasteiger partial charge in [0.2, 0.25) is 0 Å². The molecule has 4 N–H and O–H groups in total. The predicted octanol–water partition coefficient (Wildman–Crippen LogP) is -0.290. The van der Waals surface area contributed by atoms with Crippen molar-refractivity contribution in [2.45, 2.75) is 56.0 Å². The third kappa shape index (κ3) is 4.08. The van der Waals surface area contributed by atoms with Gasteiger partial charge < -0.3 is 25.2 Å². The average molecular weight is 266 g/mol. The summed E-state index contributed by atoms with van der Waals surface area (Å²) in [5.41, 5.74) is -0.581. The first kappa shape index (κ1) is 15.2. The lowest BCUT2D eigenvalue weighted by molar-refractivity contribution is -0.205. The maximum Gasteiger partial charge on any atom is 0.132 e. The zero-order valence-corrected chi connectivity index (χ0v) is 10.8. The molecular formula is C11H22O5S. The van der Waals surface area contributed by atoms with Crippen molar-refractivity contribution < 1.29 is 25.2 Å². The van der Waals surface area contributed by atoms with Gasteiger partial charge in [-0.1, -0.05) is 19.8 Å². The largest absolute Gasteiger partial charge is 0.394 e. The second kappa shape index (κ2) is 7.56. The highest BCUT2D eigenvalue weighted by molar-refractivity contribution is 7.99. The molecule has 0 amide bonds. The fraction of sp³-hybridized carbons (Fsp3) is 1.00. The molecule has 0 saturated carbocycles. The van der Waals surface area contributed by atoms with Crippen LogP contribution in [0.1, 0.15) is 26.2 Å². The van der Waals surface area contributed by atoms with Gasteiger partial charge in [-0.05, 0) is 12.2 Å². The summed E-state index contributed by atoms with van der Waals surface area (Å²) in [5.74, 6) is 0.830. The molecule has 5 atom stereocenters. The highest BCUT2D eigenvalue weighted by Crippen LogP contribution is 2.28. The second-order valence-corrected chi connectivity index (χ2v) is 5.48. The summed E-state index contributed by atoms with van der Waals surface area (Å²) in [6.07, 6.45) is -1.17. The molecule has 1 fully saturated rings. The smallest absolute Gasteiger partial charge is 0.132 e. The van der Waals surface area contributed by atoms with E-state index in [4.69, 9.17) is 9.84 Å². The van der Waals surface area contributed by atoms with Crippen molar-refractivity contribution in [3.8, 4) is 0 Å². The zero-order chi connectivity index (χ0) is 12.8. The Labute approximate surface area is 106 Å². The van der Waals surface area contributed by atoms with Gasteiger partial charge in [0.25, 0.3) is 0 Å². The molecule has 0 radical (unpaired) electrons. The molecule has 5 nitrogen and oxygen atoms in total. The SMILES string of the molecule is CCCCCSC1OC(CO)C(O)C(O)C1O. The molecule has 1 rings (SSSR count). The average Bonchev–Trinajstić information content (AvgIpc) is 2.34. The predicted molar refractivity (Wildman–Crippen MR) is 65.8 cm³/mol. The molecule has 102 valence electrons. The molecule has 1 aliphatic heterocycles. The Kier molecular flexibility index (Phi) is 6.76. The summed E-state index contributed by atoms with van der Waals surface area (Å²) in [5, 5.41) is 37.9. The maximum absolute atomic E-state index is 9.74. The standard InChI is InChI=1S/C11H22O5S/c1-2-3-4-5-17-11-10(15)9(14)8(13)7(6-12)16-11/h7-15H,2-6H2,1H3. The van der Waals surface area contributed by atoms with Gasteiger partial charge in [-0.25, -0.2) is 0 Å². The van der Waals surface area contributed by atoms with Crippen LogP contribution in [0.3, 0.4) is 0 Å². The summed E-state index contributed by atoms with van der Waals surface area (Å²) in [7, 11) is 0. The van der Waals surface area contributed by atoms with Crippen molar-refractivity contribution in [3.05, 3.63) is 0 Å². The number of hydrogen-bond acceptors (Lipinski definition) is 6. The molecule has 1 saturated heterocycles. The van der Waals surface area contributed by atoms with Crippen LogP contribution in [0, 0.1) is 0 Å². The third-order valence-corrected chi connectivity index (χ3v) is 4.12. The van der Waals surface area contributed by atoms with E-state index in [1.165, 1.54) is 11.8 Å². The Morgan fingerprint density at radius 3 is 2.35 bits per heavy atom. The van der Waals surface area contributed by atoms with Crippen molar-refractivity contribution in [3.63, 3.8) is 0 Å². The number of aliphatic hydroxyl groups is 4. The summed E-state index contributed by atoms with van der Waals surface area (Å²) in [6.45, 7) is 1.75. The molecule has 0 bridgehead atoms. The Hall–Kier alpha value is 0.150. The first-order valence-corrected chi connectivity index (χ1v) is 7.08. The summed E-state index contributed by atoms with van der Waals surface area (Å²) in [4.78, 5) is 0. The molecule has 0 aromatic carbocycles. The Balaban J connectivity index is 2.42. The van der Waals surface area contributed by atoms with Crippen molar-refractivity contribution in [2.24, 2.45) is 0 Å². The van der Waals surface area contributed by atoms with Crippen LogP contribution in [0.4, 0.5) is 0 Å². The van der Waals surface area contributed by atoms with E-state index < -0.39 is 29.9 Å². The number of aliphatic hydroxyl groups excluding tert-OH is 4. The lowest BCUT2D eigenvalue weighted by Gasteiger charge is -2.39. The van der Waals surface area contributed by atoms with Gasteiger partial charge in [-0.3, -0.25) is 0 Å². The topological polar surface area (TPSA) is 90.2 Å². The van der Waals surface area contributed by atoms with Gasteiger partial charge in [-0.15, -0.1) is 11.8 Å². The second-order valence-electron chi connectivity index (χ2n) is 4.28. The number of rotatable bonds is 6. The summed E-state index contributed by atoms with van der Waals surface area (Å²) >= 11 is 1.42. The molecule has 1 heterocycles. The minimum Gasteiger partial charge on any atom is -0.394 e. The van der Waals surface area contributed by atoms with Crippen LogP contribution in [-0.4, -0.2) is 62.6 Å². The van der Waals surface area contributed by atoms with Crippen LogP contribution in [0.25, 0.3) is 0 Å². The normalized spacial score (nSPS) is 38.3. The van der Waals surface area contributed by atoms with Gasteiger partial charge in [0.1, 0.15) is 29.9 Å². The highest BCUT2D eigenvalue weighted by Gasteiger charge is 2.43. The van der Waals surface area contributed by atoms with E-state index in [9.17, 15) is 15.3 Å². The van der Waals surface area contributed by atoms with E-state index in [0.29, 0.717) is 0 Å². The van der Waals surface area contributed by atoms with E-state index in [1.54, 1.807) is 0 Å². The molecule has 0 spiro atoms. The van der Waals surface area contributed by atoms with Crippen LogP contribution in [0.15, 0.2) is 0 Å². The maximum atomic E-state index is 9.74. The van der Waals surface area contributed by atoms with E-state index in [0.717, 1.165) is 25.0 Å². The molecule has 6 heteroatoms. The van der Waals surface area contributed by atoms with Crippen LogP contribution in [0.5, 0.6) is 0 Å². The highest BCUT2D eigenvalue weighted by atomic mass is 32.2. The first-order chi connectivity index (χ1) is 8.11. The van der Waals surface area contributed by atoms with Gasteiger partial charge >= 0.3 is 0 Å². The summed E-state index contributed by atoms with van der Waals surface area (Å²) < 4.78 is 5.36. The van der Waals surface area contributed by atoms with Gasteiger partial charge in [0, 0.05) is 0 Å². The lowest BCUT2D eigenvalue weighted by atomic mass is 10.0. The van der Waals surface area contributed by atoms with Crippen molar-refractivity contribution in [1.82, 2.24) is 0 Å². The molecule has 1 aliphatic rings. The third-order valence-electron chi connectivity index (χ3n) is 2.88. The van der Waals surface area contributed by atoms with Gasteiger partial charge in [0.15, 0.2) is 0 Å². The van der Waals surface area contributed by atoms with E-state index in [1.807, 2.05) is 0 Å². The van der Waals surface area contributed by atoms with Crippen LogP contribution in [-0.2, 0) is 4.74 Å². The molecular weight excluding hydrogens is 244 g/mol. The van der Waals surface area contributed by atoms with E-state index >= 15 is 0 Å². The van der Waals surface area contributed by atoms with Crippen molar-refractivity contribution in [2.75, 3.05) is 12.4 Å². The van der Waals surface area contributed by atoms with E-state index in [-0.39, 0.29) is 6.61 Å². The minimum absolute atomic E-state index is 0.364. The summed E-state index contributed by atoms with van der Waals surface area (Å²) in [6, 6.07) is 0. The first-order valence-electron chi connectivity index (χ1n) is 6.04. The Morgan fingerprint density at radius 2 is 1.76 bits per heavy atom. The van der Waals surface area contributed by atoms with Crippen molar-refractivity contribution >= 4 is 11.8 Å². The van der Waals surface area contributed by atoms with E-state index in [2.05, 4.69) is 6.92 Å². The fourth-order valence-corrected chi connectivity index (χ4v) is 2.94. The van der Waals surface area contributed by atoms with Gasteiger partial charge in [-0.2, -0.15) is 0 Å². The Bertz CT molecular complexity index is 214. The van der Waals surface area contributed by atoms with Crippen molar-refractivity contribution in [1.29, 1.82) is 0 Å². The number of hydrogen-bond donors (Lipinski definition) is 4. The van der Waals surface area contributed by atoms with Crippen LogP contribution < -0.4 is 0 Å².